The highest BCUT2D eigenvalue weighted by atomic mass is 32.2. The molecule has 0 radical (unpaired) electrons. The normalized spacial score (nSPS) is 27.1. The largest absolute Gasteiger partial charge is 0.315 e. The van der Waals surface area contributed by atoms with Crippen molar-refractivity contribution in [2.75, 3.05) is 19.6 Å². The molecule has 0 bridgehead atoms. The molecule has 6 nitrogen and oxygen atoms in total. The Labute approximate surface area is 112 Å². The van der Waals surface area contributed by atoms with Gasteiger partial charge in [0.1, 0.15) is 11.0 Å². The van der Waals surface area contributed by atoms with E-state index in [-0.39, 0.29) is 16.6 Å². The summed E-state index contributed by atoms with van der Waals surface area (Å²) in [6, 6.07) is 4.87. The summed E-state index contributed by atoms with van der Waals surface area (Å²) in [7, 11) is -3.63. The van der Waals surface area contributed by atoms with E-state index in [9.17, 15) is 8.42 Å². The maximum atomic E-state index is 12.7. The van der Waals surface area contributed by atoms with Crippen molar-refractivity contribution in [1.29, 1.82) is 5.26 Å². The number of hydrogen-bond acceptors (Lipinski definition) is 5. The monoisotopic (exact) mass is 278 g/mol. The number of pyridine rings is 1. The lowest BCUT2D eigenvalue weighted by Gasteiger charge is -2.22. The molecule has 1 aromatic rings. The van der Waals surface area contributed by atoms with E-state index in [1.165, 1.54) is 16.6 Å². The predicted molar refractivity (Wildman–Crippen MR) is 67.6 cm³/mol. The number of nitriles is 1. The summed E-state index contributed by atoms with van der Waals surface area (Å²) in [5.41, 5.74) is -0.0306. The number of rotatable bonds is 2. The van der Waals surface area contributed by atoms with Gasteiger partial charge in [0.05, 0.1) is 0 Å². The summed E-state index contributed by atoms with van der Waals surface area (Å²) in [5, 5.41) is 12.2. The Balaban J connectivity index is 2.02. The van der Waals surface area contributed by atoms with E-state index in [2.05, 4.69) is 10.3 Å². The molecule has 2 atom stereocenters. The summed E-state index contributed by atoms with van der Waals surface area (Å²) in [6.45, 7) is 2.08. The Morgan fingerprint density at radius 3 is 3.11 bits per heavy atom. The summed E-state index contributed by atoms with van der Waals surface area (Å²) in [5.74, 6) is 0.386. The van der Waals surface area contributed by atoms with E-state index in [0.29, 0.717) is 19.0 Å². The van der Waals surface area contributed by atoms with Gasteiger partial charge in [0.15, 0.2) is 5.69 Å². The van der Waals surface area contributed by atoms with Gasteiger partial charge in [-0.05, 0) is 31.0 Å². The van der Waals surface area contributed by atoms with E-state index in [1.807, 2.05) is 6.07 Å². The molecule has 2 saturated heterocycles. The first kappa shape index (κ1) is 12.5. The van der Waals surface area contributed by atoms with Crippen LogP contribution in [-0.4, -0.2) is 43.4 Å². The zero-order valence-corrected chi connectivity index (χ0v) is 11.1. The average Bonchev–Trinajstić information content (AvgIpc) is 3.00. The van der Waals surface area contributed by atoms with Gasteiger partial charge in [-0.25, -0.2) is 13.4 Å². The van der Waals surface area contributed by atoms with E-state index in [4.69, 9.17) is 5.26 Å². The lowest BCUT2D eigenvalue weighted by molar-refractivity contribution is 0.382. The van der Waals surface area contributed by atoms with Gasteiger partial charge in [0.2, 0.25) is 10.0 Å². The molecule has 0 unspecified atom stereocenters. The van der Waals surface area contributed by atoms with Crippen molar-refractivity contribution in [1.82, 2.24) is 14.6 Å². The fourth-order valence-corrected chi connectivity index (χ4v) is 4.71. The Morgan fingerprint density at radius 1 is 1.47 bits per heavy atom. The standard InChI is InChI=1S/C12H14N4O2S/c13-6-10-12(2-1-4-15-10)19(17,18)16-5-3-9-7-14-8-11(9)16/h1-2,4,9,11,14H,3,5,7-8H2/t9-,11+/m0/s1. The van der Waals surface area contributed by atoms with Crippen LogP contribution in [0.1, 0.15) is 12.1 Å². The molecule has 3 rings (SSSR count). The predicted octanol–water partition coefficient (Wildman–Crippen LogP) is -0.0643. The third-order valence-corrected chi connectivity index (χ3v) is 5.81. The zero-order valence-electron chi connectivity index (χ0n) is 10.3. The summed E-state index contributed by atoms with van der Waals surface area (Å²) in [4.78, 5) is 3.86. The third kappa shape index (κ3) is 1.92. The van der Waals surface area contributed by atoms with Gasteiger partial charge in [-0.1, -0.05) is 0 Å². The Morgan fingerprint density at radius 2 is 2.32 bits per heavy atom. The fraction of sp³-hybridized carbons (Fsp3) is 0.500. The number of sulfonamides is 1. The number of nitrogens with zero attached hydrogens (tertiary/aromatic N) is 3. The van der Waals surface area contributed by atoms with Gasteiger partial charge in [-0.15, -0.1) is 0 Å². The molecule has 2 fully saturated rings. The first-order valence-corrected chi connectivity index (χ1v) is 7.66. The van der Waals surface area contributed by atoms with E-state index >= 15 is 0 Å². The van der Waals surface area contributed by atoms with Crippen LogP contribution >= 0.6 is 0 Å². The molecule has 0 aromatic carbocycles. The number of aromatic nitrogens is 1. The minimum atomic E-state index is -3.63. The van der Waals surface area contributed by atoms with Crippen molar-refractivity contribution < 1.29 is 8.42 Å². The molecule has 1 aromatic heterocycles. The van der Waals surface area contributed by atoms with Gasteiger partial charge < -0.3 is 5.32 Å². The lowest BCUT2D eigenvalue weighted by atomic mass is 10.1. The van der Waals surface area contributed by atoms with Crippen LogP contribution in [0.4, 0.5) is 0 Å². The minimum absolute atomic E-state index is 0.0109. The van der Waals surface area contributed by atoms with Crippen LogP contribution in [0.3, 0.4) is 0 Å². The molecule has 19 heavy (non-hydrogen) atoms. The molecule has 1 N–H and O–H groups in total. The van der Waals surface area contributed by atoms with E-state index in [0.717, 1.165) is 13.0 Å². The maximum absolute atomic E-state index is 12.7. The van der Waals surface area contributed by atoms with Crippen LogP contribution < -0.4 is 5.32 Å². The molecule has 2 aliphatic rings. The van der Waals surface area contributed by atoms with Crippen molar-refractivity contribution in [2.24, 2.45) is 5.92 Å². The molecule has 0 saturated carbocycles. The first-order chi connectivity index (χ1) is 9.14. The highest BCUT2D eigenvalue weighted by Crippen LogP contribution is 2.32. The van der Waals surface area contributed by atoms with Gasteiger partial charge >= 0.3 is 0 Å². The highest BCUT2D eigenvalue weighted by molar-refractivity contribution is 7.89. The SMILES string of the molecule is N#Cc1ncccc1S(=O)(=O)N1CC[C@H]2CNC[C@H]21. The zero-order chi connectivity index (χ0) is 13.5. The first-order valence-electron chi connectivity index (χ1n) is 6.22. The molecule has 0 aliphatic carbocycles. The molecular formula is C12H14N4O2S. The second-order valence-electron chi connectivity index (χ2n) is 4.85. The van der Waals surface area contributed by atoms with Crippen LogP contribution in [0, 0.1) is 17.2 Å². The van der Waals surface area contributed by atoms with Crippen molar-refractivity contribution >= 4 is 10.0 Å². The van der Waals surface area contributed by atoms with E-state index < -0.39 is 10.0 Å². The quantitative estimate of drug-likeness (QED) is 0.818. The molecule has 0 amide bonds. The topological polar surface area (TPSA) is 86.1 Å². The minimum Gasteiger partial charge on any atom is -0.315 e. The lowest BCUT2D eigenvalue weighted by Crippen LogP contribution is -2.39. The summed E-state index contributed by atoms with van der Waals surface area (Å²) < 4.78 is 26.9. The summed E-state index contributed by atoms with van der Waals surface area (Å²) >= 11 is 0. The van der Waals surface area contributed by atoms with Gasteiger partial charge in [0, 0.05) is 25.3 Å². The fourth-order valence-electron chi connectivity index (χ4n) is 2.92. The summed E-state index contributed by atoms with van der Waals surface area (Å²) in [6.07, 6.45) is 2.31. The molecule has 7 heteroatoms. The Bertz CT molecular complexity index is 637. The van der Waals surface area contributed by atoms with Gasteiger partial charge in [-0.3, -0.25) is 0 Å². The van der Waals surface area contributed by atoms with Crippen LogP contribution in [0.15, 0.2) is 23.2 Å². The van der Waals surface area contributed by atoms with E-state index in [1.54, 1.807) is 6.07 Å². The van der Waals surface area contributed by atoms with Crippen molar-refractivity contribution in [3.05, 3.63) is 24.0 Å². The van der Waals surface area contributed by atoms with Crippen molar-refractivity contribution in [3.8, 4) is 6.07 Å². The number of hydrogen-bond donors (Lipinski definition) is 1. The van der Waals surface area contributed by atoms with Crippen LogP contribution in [-0.2, 0) is 10.0 Å². The molecule has 100 valence electrons. The molecular weight excluding hydrogens is 264 g/mol. The van der Waals surface area contributed by atoms with Crippen LogP contribution in [0.2, 0.25) is 0 Å². The van der Waals surface area contributed by atoms with Crippen LogP contribution in [0.5, 0.6) is 0 Å². The van der Waals surface area contributed by atoms with Crippen molar-refractivity contribution in [2.45, 2.75) is 17.4 Å². The number of nitrogens with one attached hydrogen (secondary N) is 1. The second-order valence-corrected chi connectivity index (χ2v) is 6.71. The average molecular weight is 278 g/mol. The Kier molecular flexibility index (Phi) is 3.01. The van der Waals surface area contributed by atoms with Crippen LogP contribution in [0.25, 0.3) is 0 Å². The molecule has 3 heterocycles. The Hall–Kier alpha value is -1.49. The third-order valence-electron chi connectivity index (χ3n) is 3.86. The van der Waals surface area contributed by atoms with Gasteiger partial charge in [-0.2, -0.15) is 9.57 Å². The van der Waals surface area contributed by atoms with Crippen molar-refractivity contribution in [3.63, 3.8) is 0 Å². The molecule has 0 spiro atoms. The smallest absolute Gasteiger partial charge is 0.246 e. The maximum Gasteiger partial charge on any atom is 0.246 e. The molecule has 2 aliphatic heterocycles. The number of fused-ring (bicyclic) bond motifs is 1. The van der Waals surface area contributed by atoms with Gasteiger partial charge in [0.25, 0.3) is 0 Å². The second kappa shape index (κ2) is 4.56. The highest BCUT2D eigenvalue weighted by Gasteiger charge is 2.44.